The average molecular weight is 517 g/mol. The monoisotopic (exact) mass is 516 g/mol. The van der Waals surface area contributed by atoms with Gasteiger partial charge in [0.25, 0.3) is 11.5 Å². The van der Waals surface area contributed by atoms with E-state index in [0.717, 1.165) is 45.7 Å². The number of aromatic amines is 1. The minimum absolute atomic E-state index is 0.165. The van der Waals surface area contributed by atoms with Crippen LogP contribution in [0.5, 0.6) is 5.75 Å². The lowest BCUT2D eigenvalue weighted by Crippen LogP contribution is -2.50. The van der Waals surface area contributed by atoms with Crippen molar-refractivity contribution in [2.45, 2.75) is 6.92 Å². The van der Waals surface area contributed by atoms with Crippen LogP contribution in [0.1, 0.15) is 17.3 Å². The highest BCUT2D eigenvalue weighted by atomic mass is 19.1. The van der Waals surface area contributed by atoms with Gasteiger partial charge in [0.15, 0.2) is 0 Å². The number of halogens is 1. The first-order valence-electron chi connectivity index (χ1n) is 12.1. The summed E-state index contributed by atoms with van der Waals surface area (Å²) < 4.78 is 19.6. The van der Waals surface area contributed by atoms with Crippen LogP contribution in [0.2, 0.25) is 0 Å². The quantitative estimate of drug-likeness (QED) is 0.419. The van der Waals surface area contributed by atoms with Crippen molar-refractivity contribution < 1.29 is 13.9 Å². The van der Waals surface area contributed by atoms with Crippen molar-refractivity contribution in [3.63, 3.8) is 0 Å². The van der Waals surface area contributed by atoms with Crippen LogP contribution >= 0.6 is 0 Å². The van der Waals surface area contributed by atoms with E-state index >= 15 is 0 Å². The third kappa shape index (κ3) is 5.03. The second kappa shape index (κ2) is 10.7. The van der Waals surface area contributed by atoms with Gasteiger partial charge in [0, 0.05) is 44.0 Å². The Morgan fingerprint density at radius 3 is 2.39 bits per heavy atom. The fourth-order valence-corrected chi connectivity index (χ4v) is 4.33. The van der Waals surface area contributed by atoms with Gasteiger partial charge in [0.05, 0.1) is 18.0 Å². The van der Waals surface area contributed by atoms with Crippen molar-refractivity contribution in [1.29, 1.82) is 0 Å². The molecule has 10 nitrogen and oxygen atoms in total. The van der Waals surface area contributed by atoms with Gasteiger partial charge >= 0.3 is 5.69 Å². The summed E-state index contributed by atoms with van der Waals surface area (Å²) in [4.78, 5) is 53.4. The van der Waals surface area contributed by atoms with Gasteiger partial charge in [-0.15, -0.1) is 0 Å². The second-order valence-corrected chi connectivity index (χ2v) is 8.62. The van der Waals surface area contributed by atoms with Crippen molar-refractivity contribution in [3.05, 3.63) is 99.3 Å². The highest BCUT2D eigenvalue weighted by molar-refractivity contribution is 5.93. The maximum absolute atomic E-state index is 13.3. The van der Waals surface area contributed by atoms with Crippen molar-refractivity contribution >= 4 is 11.7 Å². The zero-order valence-electron chi connectivity index (χ0n) is 20.6. The number of H-pyrrole nitrogens is 1. The standard InChI is InChI=1S/C27H25FN6O4/c1-2-38-21-9-3-18(4-10-21)23-15-24(31-17-30-23)32-11-13-33(14-12-32)25(35)22-16-29-27(37)34(26(22)36)20-7-5-19(28)6-8-20/h3-10,15-17H,2,11-14H2,1H3,(H,29,37). The molecule has 2 aromatic carbocycles. The van der Waals surface area contributed by atoms with E-state index in [1.54, 1.807) is 4.90 Å². The number of hydrogen-bond acceptors (Lipinski definition) is 7. The Morgan fingerprint density at radius 2 is 1.71 bits per heavy atom. The number of anilines is 1. The molecule has 4 aromatic rings. The number of nitrogens with zero attached hydrogens (tertiary/aromatic N) is 5. The number of nitrogens with one attached hydrogen (secondary N) is 1. The summed E-state index contributed by atoms with van der Waals surface area (Å²) >= 11 is 0. The lowest BCUT2D eigenvalue weighted by atomic mass is 10.1. The highest BCUT2D eigenvalue weighted by Gasteiger charge is 2.26. The topological polar surface area (TPSA) is 113 Å². The number of amides is 1. The van der Waals surface area contributed by atoms with Crippen LogP contribution < -0.4 is 20.9 Å². The van der Waals surface area contributed by atoms with Crippen LogP contribution in [0.4, 0.5) is 10.2 Å². The molecule has 11 heteroatoms. The first kappa shape index (κ1) is 24.9. The van der Waals surface area contributed by atoms with Gasteiger partial charge in [-0.2, -0.15) is 0 Å². The van der Waals surface area contributed by atoms with Gasteiger partial charge in [-0.1, -0.05) is 0 Å². The number of hydrogen-bond donors (Lipinski definition) is 1. The molecular formula is C27H25FN6O4. The number of carbonyl (C=O) groups is 1. The Morgan fingerprint density at radius 1 is 1.00 bits per heavy atom. The summed E-state index contributed by atoms with van der Waals surface area (Å²) in [5.74, 6) is 0.537. The zero-order chi connectivity index (χ0) is 26.6. The number of piperazine rings is 1. The van der Waals surface area contributed by atoms with Gasteiger partial charge in [0.2, 0.25) is 0 Å². The third-order valence-corrected chi connectivity index (χ3v) is 6.30. The smallest absolute Gasteiger partial charge is 0.333 e. The third-order valence-electron chi connectivity index (χ3n) is 6.30. The molecular weight excluding hydrogens is 491 g/mol. The van der Waals surface area contributed by atoms with Crippen LogP contribution in [0.25, 0.3) is 16.9 Å². The van der Waals surface area contributed by atoms with Gasteiger partial charge in [-0.3, -0.25) is 9.59 Å². The molecule has 1 N–H and O–H groups in total. The predicted molar refractivity (Wildman–Crippen MR) is 139 cm³/mol. The maximum Gasteiger partial charge on any atom is 0.333 e. The SMILES string of the molecule is CCOc1ccc(-c2cc(N3CCN(C(=O)c4c[nH]c(=O)n(-c5ccc(F)cc5)c4=O)CC3)ncn2)cc1. The van der Waals surface area contributed by atoms with E-state index in [2.05, 4.69) is 15.0 Å². The molecule has 0 atom stereocenters. The maximum atomic E-state index is 13.3. The number of carbonyl (C=O) groups excluding carboxylic acids is 1. The number of rotatable bonds is 6. The van der Waals surface area contributed by atoms with Crippen molar-refractivity contribution in [3.8, 4) is 22.7 Å². The number of ether oxygens (including phenoxy) is 1. The summed E-state index contributed by atoms with van der Waals surface area (Å²) in [5.41, 5.74) is 0.234. The first-order chi connectivity index (χ1) is 18.4. The van der Waals surface area contributed by atoms with Crippen molar-refractivity contribution in [2.75, 3.05) is 37.7 Å². The normalized spacial score (nSPS) is 13.4. The molecule has 0 radical (unpaired) electrons. The fraction of sp³-hybridized carbons (Fsp3) is 0.222. The van der Waals surface area contributed by atoms with Gasteiger partial charge in [-0.25, -0.2) is 23.7 Å². The summed E-state index contributed by atoms with van der Waals surface area (Å²) in [6.45, 7) is 4.25. The molecule has 1 fully saturated rings. The lowest BCUT2D eigenvalue weighted by molar-refractivity contribution is 0.0743. The Hall–Kier alpha value is -4.80. The summed E-state index contributed by atoms with van der Waals surface area (Å²) in [7, 11) is 0. The van der Waals surface area contributed by atoms with E-state index in [1.807, 2.05) is 42.2 Å². The Labute approximate surface area is 217 Å². The molecule has 1 aliphatic rings. The molecule has 1 saturated heterocycles. The molecule has 5 rings (SSSR count). The lowest BCUT2D eigenvalue weighted by Gasteiger charge is -2.35. The van der Waals surface area contributed by atoms with E-state index < -0.39 is 23.0 Å². The van der Waals surface area contributed by atoms with Gasteiger partial charge in [0.1, 0.15) is 29.3 Å². The molecule has 1 aliphatic heterocycles. The molecule has 3 heterocycles. The molecule has 38 heavy (non-hydrogen) atoms. The number of aromatic nitrogens is 4. The van der Waals surface area contributed by atoms with Crippen molar-refractivity contribution in [2.24, 2.45) is 0 Å². The summed E-state index contributed by atoms with van der Waals surface area (Å²) in [6.07, 6.45) is 2.64. The van der Waals surface area contributed by atoms with Crippen LogP contribution in [0.3, 0.4) is 0 Å². The van der Waals surface area contributed by atoms with Crippen LogP contribution in [-0.4, -0.2) is 63.1 Å². The van der Waals surface area contributed by atoms with Crippen LogP contribution in [0, 0.1) is 5.82 Å². The molecule has 0 bridgehead atoms. The molecule has 1 amide bonds. The largest absolute Gasteiger partial charge is 0.494 e. The Bertz CT molecular complexity index is 1560. The Balaban J connectivity index is 1.30. The van der Waals surface area contributed by atoms with Crippen LogP contribution in [-0.2, 0) is 0 Å². The Kier molecular flexibility index (Phi) is 6.98. The predicted octanol–water partition coefficient (Wildman–Crippen LogP) is 2.48. The van der Waals surface area contributed by atoms with Crippen LogP contribution in [0.15, 0.2) is 76.7 Å². The number of benzene rings is 2. The van der Waals surface area contributed by atoms with Crippen molar-refractivity contribution in [1.82, 2.24) is 24.4 Å². The molecule has 0 spiro atoms. The van der Waals surface area contributed by atoms with E-state index in [9.17, 15) is 18.8 Å². The van der Waals surface area contributed by atoms with E-state index in [1.165, 1.54) is 18.5 Å². The summed E-state index contributed by atoms with van der Waals surface area (Å²) in [6, 6.07) is 14.5. The minimum atomic E-state index is -0.761. The second-order valence-electron chi connectivity index (χ2n) is 8.62. The van der Waals surface area contributed by atoms with E-state index in [0.29, 0.717) is 32.8 Å². The van der Waals surface area contributed by atoms with Gasteiger partial charge in [-0.05, 0) is 55.5 Å². The highest BCUT2D eigenvalue weighted by Crippen LogP contribution is 2.24. The molecule has 0 aliphatic carbocycles. The first-order valence-corrected chi connectivity index (χ1v) is 12.1. The van der Waals surface area contributed by atoms with Gasteiger partial charge < -0.3 is 19.5 Å². The molecule has 2 aromatic heterocycles. The van der Waals surface area contributed by atoms with E-state index in [4.69, 9.17) is 4.74 Å². The molecule has 0 saturated carbocycles. The molecule has 0 unspecified atom stereocenters. The zero-order valence-corrected chi connectivity index (χ0v) is 20.6. The molecule has 194 valence electrons. The van der Waals surface area contributed by atoms with E-state index in [-0.39, 0.29) is 11.3 Å². The summed E-state index contributed by atoms with van der Waals surface area (Å²) in [5, 5.41) is 0. The minimum Gasteiger partial charge on any atom is -0.494 e. The fourth-order valence-electron chi connectivity index (χ4n) is 4.33. The average Bonchev–Trinajstić information content (AvgIpc) is 2.95.